The van der Waals surface area contributed by atoms with Crippen LogP contribution in [0.25, 0.3) is 21.7 Å². The summed E-state index contributed by atoms with van der Waals surface area (Å²) in [6, 6.07) is 24.5. The molecular formula is C31H29N3OS. The molecule has 4 bridgehead atoms. The number of hydrogen-bond donors (Lipinski definition) is 2. The van der Waals surface area contributed by atoms with E-state index in [1.807, 2.05) is 42.5 Å². The lowest BCUT2D eigenvalue weighted by molar-refractivity contribution is -0.00454. The van der Waals surface area contributed by atoms with Crippen LogP contribution in [0.5, 0.6) is 0 Å². The maximum atomic E-state index is 13.4. The van der Waals surface area contributed by atoms with Crippen molar-refractivity contribution in [2.45, 2.75) is 43.9 Å². The first-order valence-corrected chi connectivity index (χ1v) is 13.5. The highest BCUT2D eigenvalue weighted by molar-refractivity contribution is 7.80. The fourth-order valence-corrected chi connectivity index (χ4v) is 8.07. The zero-order valence-electron chi connectivity index (χ0n) is 20.2. The van der Waals surface area contributed by atoms with Crippen molar-refractivity contribution in [2.75, 3.05) is 0 Å². The van der Waals surface area contributed by atoms with Gasteiger partial charge < -0.3 is 0 Å². The Morgan fingerprint density at radius 3 is 2.19 bits per heavy atom. The van der Waals surface area contributed by atoms with Gasteiger partial charge in [0.1, 0.15) is 10.7 Å². The minimum atomic E-state index is -0.255. The summed E-state index contributed by atoms with van der Waals surface area (Å²) in [5.74, 6) is 2.25. The summed E-state index contributed by atoms with van der Waals surface area (Å²) >= 11 is 5.65. The number of thiocarbonyl (C=S) groups is 1. The molecule has 36 heavy (non-hydrogen) atoms. The number of aromatic nitrogens is 1. The van der Waals surface area contributed by atoms with Crippen molar-refractivity contribution in [1.29, 1.82) is 0 Å². The Morgan fingerprint density at radius 1 is 0.806 bits per heavy atom. The van der Waals surface area contributed by atoms with Crippen molar-refractivity contribution in [3.63, 3.8) is 0 Å². The van der Waals surface area contributed by atoms with Gasteiger partial charge in [-0.2, -0.15) is 0 Å². The quantitative estimate of drug-likeness (QED) is 0.255. The molecule has 2 N–H and O–H groups in total. The van der Waals surface area contributed by atoms with Crippen molar-refractivity contribution in [3.05, 3.63) is 89.6 Å². The molecule has 1 amide bonds. The number of carbonyl (C=O) groups excluding carboxylic acids is 1. The van der Waals surface area contributed by atoms with E-state index >= 15 is 0 Å². The van der Waals surface area contributed by atoms with Crippen molar-refractivity contribution < 1.29 is 4.79 Å². The van der Waals surface area contributed by atoms with Crippen LogP contribution in [0, 0.1) is 17.8 Å². The Hall–Kier alpha value is -3.31. The van der Waals surface area contributed by atoms with E-state index in [4.69, 9.17) is 17.2 Å². The topological polar surface area (TPSA) is 54.0 Å². The van der Waals surface area contributed by atoms with Crippen LogP contribution in [0.4, 0.5) is 0 Å². The van der Waals surface area contributed by atoms with Crippen LogP contribution in [0.15, 0.2) is 72.8 Å². The molecule has 3 aromatic carbocycles. The van der Waals surface area contributed by atoms with E-state index in [0.717, 1.165) is 39.6 Å². The molecule has 0 spiro atoms. The number of nitrogens with zero attached hydrogens (tertiary/aromatic N) is 1. The van der Waals surface area contributed by atoms with Gasteiger partial charge in [0, 0.05) is 10.9 Å². The van der Waals surface area contributed by atoms with E-state index in [1.54, 1.807) is 0 Å². The Labute approximate surface area is 216 Å². The zero-order valence-corrected chi connectivity index (χ0v) is 21.0. The largest absolute Gasteiger partial charge is 0.288 e. The average Bonchev–Trinajstić information content (AvgIpc) is 2.89. The third-order valence-corrected chi connectivity index (χ3v) is 9.20. The fraction of sp³-hybridized carbons (Fsp3) is 0.323. The summed E-state index contributed by atoms with van der Waals surface area (Å²) in [6.07, 6.45) is 7.92. The van der Waals surface area contributed by atoms with Gasteiger partial charge in [-0.25, -0.2) is 4.98 Å². The number of pyridine rings is 1. The average molecular weight is 492 g/mol. The molecule has 4 saturated carbocycles. The van der Waals surface area contributed by atoms with Gasteiger partial charge in [-0.15, -0.1) is 0 Å². The van der Waals surface area contributed by atoms with Gasteiger partial charge >= 0.3 is 0 Å². The van der Waals surface area contributed by atoms with Crippen LogP contribution in [-0.2, 0) is 5.41 Å². The van der Waals surface area contributed by atoms with Gasteiger partial charge in [-0.05, 0) is 90.2 Å². The van der Waals surface area contributed by atoms with Gasteiger partial charge in [-0.3, -0.25) is 15.6 Å². The third-order valence-electron chi connectivity index (χ3n) is 8.88. The Balaban J connectivity index is 1.20. The standard InChI is InChI=1S/C31H29N3OS/c35-29(33-34-30(36)24-10-5-7-22-6-1-2-8-23(22)24)28-15-26(25-9-3-4-11-27(25)32-28)31-16-19-12-20(17-31)14-21(13-19)18-31/h1-11,15,19-21H,12-14,16-18H2,(H,33,35)(H,34,36). The first kappa shape index (κ1) is 21.9. The Morgan fingerprint density at radius 2 is 1.44 bits per heavy atom. The van der Waals surface area contributed by atoms with E-state index in [1.165, 1.54) is 49.5 Å². The van der Waals surface area contributed by atoms with Crippen LogP contribution in [0.1, 0.15) is 60.1 Å². The summed E-state index contributed by atoms with van der Waals surface area (Å²) in [5, 5.41) is 3.37. The molecule has 0 saturated heterocycles. The molecule has 1 aromatic heterocycles. The SMILES string of the molecule is O=C(NNC(=S)c1cccc2ccccc12)c1cc(C23CC4CC(CC(C4)C2)C3)c2ccccc2n1. The normalized spacial score (nSPS) is 26.3. The Bertz CT molecular complexity index is 1490. The number of para-hydroxylation sites is 1. The second kappa shape index (κ2) is 8.38. The molecule has 0 atom stereocenters. The smallest absolute Gasteiger partial charge is 0.287 e. The number of hydrazine groups is 1. The predicted molar refractivity (Wildman–Crippen MR) is 148 cm³/mol. The molecule has 8 rings (SSSR count). The molecule has 4 aliphatic carbocycles. The maximum absolute atomic E-state index is 13.4. The highest BCUT2D eigenvalue weighted by atomic mass is 32.1. The van der Waals surface area contributed by atoms with Gasteiger partial charge in [0.25, 0.3) is 5.91 Å². The van der Waals surface area contributed by atoms with E-state index in [9.17, 15) is 4.79 Å². The van der Waals surface area contributed by atoms with Crippen molar-refractivity contribution in [1.82, 2.24) is 15.8 Å². The van der Waals surface area contributed by atoms with Crippen LogP contribution in [0.2, 0.25) is 0 Å². The first-order valence-electron chi connectivity index (χ1n) is 13.1. The number of hydrogen-bond acceptors (Lipinski definition) is 3. The minimum Gasteiger partial charge on any atom is -0.287 e. The van der Waals surface area contributed by atoms with Crippen LogP contribution < -0.4 is 10.9 Å². The second-order valence-electron chi connectivity index (χ2n) is 11.2. The molecule has 0 unspecified atom stereocenters. The van der Waals surface area contributed by atoms with Crippen molar-refractivity contribution in [2.24, 2.45) is 17.8 Å². The molecule has 0 aliphatic heterocycles. The lowest BCUT2D eigenvalue weighted by Gasteiger charge is -2.57. The van der Waals surface area contributed by atoms with E-state index in [0.29, 0.717) is 10.7 Å². The molecular weight excluding hydrogens is 462 g/mol. The van der Waals surface area contributed by atoms with E-state index in [-0.39, 0.29) is 11.3 Å². The number of amides is 1. The summed E-state index contributed by atoms with van der Waals surface area (Å²) in [6.45, 7) is 0. The van der Waals surface area contributed by atoms with Crippen molar-refractivity contribution >= 4 is 44.8 Å². The van der Waals surface area contributed by atoms with Gasteiger partial charge in [0.2, 0.25) is 0 Å². The van der Waals surface area contributed by atoms with E-state index < -0.39 is 0 Å². The monoisotopic (exact) mass is 491 g/mol. The molecule has 5 heteroatoms. The lowest BCUT2D eigenvalue weighted by atomic mass is 9.48. The molecule has 0 radical (unpaired) electrons. The third kappa shape index (κ3) is 3.60. The number of carbonyl (C=O) groups is 1. The predicted octanol–water partition coefficient (Wildman–Crippen LogP) is 6.47. The van der Waals surface area contributed by atoms with Gasteiger partial charge in [0.15, 0.2) is 0 Å². The maximum Gasteiger partial charge on any atom is 0.288 e. The molecule has 1 heterocycles. The molecule has 4 fully saturated rings. The van der Waals surface area contributed by atoms with Crippen LogP contribution in [0.3, 0.4) is 0 Å². The molecule has 4 aromatic rings. The van der Waals surface area contributed by atoms with Crippen LogP contribution in [-0.4, -0.2) is 15.9 Å². The number of benzene rings is 3. The summed E-state index contributed by atoms with van der Waals surface area (Å²) in [4.78, 5) is 18.6. The number of nitrogens with one attached hydrogen (secondary N) is 2. The van der Waals surface area contributed by atoms with Gasteiger partial charge in [-0.1, -0.05) is 72.9 Å². The molecule has 4 nitrogen and oxygen atoms in total. The van der Waals surface area contributed by atoms with Gasteiger partial charge in [0.05, 0.1) is 5.52 Å². The highest BCUT2D eigenvalue weighted by Gasteiger charge is 2.52. The first-order chi connectivity index (χ1) is 17.6. The summed E-state index contributed by atoms with van der Waals surface area (Å²) in [5.41, 5.74) is 9.57. The minimum absolute atomic E-state index is 0.179. The highest BCUT2D eigenvalue weighted by Crippen LogP contribution is 2.61. The summed E-state index contributed by atoms with van der Waals surface area (Å²) in [7, 11) is 0. The molecule has 180 valence electrons. The lowest BCUT2D eigenvalue weighted by Crippen LogP contribution is -2.48. The fourth-order valence-electron chi connectivity index (χ4n) is 7.84. The Kier molecular flexibility index (Phi) is 5.10. The number of fused-ring (bicyclic) bond motifs is 2. The second-order valence-corrected chi connectivity index (χ2v) is 11.6. The van der Waals surface area contributed by atoms with E-state index in [2.05, 4.69) is 41.2 Å². The summed E-state index contributed by atoms with van der Waals surface area (Å²) < 4.78 is 0. The van der Waals surface area contributed by atoms with Crippen LogP contribution >= 0.6 is 12.2 Å². The van der Waals surface area contributed by atoms with Crippen molar-refractivity contribution in [3.8, 4) is 0 Å². The zero-order chi connectivity index (χ0) is 24.3. The molecule has 4 aliphatic rings. The number of rotatable bonds is 3.